The quantitative estimate of drug-likeness (QED) is 0.846. The summed E-state index contributed by atoms with van der Waals surface area (Å²) < 4.78 is 0. The van der Waals surface area contributed by atoms with Crippen LogP contribution >= 0.6 is 0 Å². The predicted molar refractivity (Wildman–Crippen MR) is 64.2 cm³/mol. The van der Waals surface area contributed by atoms with E-state index in [1.807, 2.05) is 4.90 Å². The highest BCUT2D eigenvalue weighted by atomic mass is 16.4. The second-order valence-electron chi connectivity index (χ2n) is 5.22. The zero-order valence-electron chi connectivity index (χ0n) is 10.2. The van der Waals surface area contributed by atoms with Crippen LogP contribution in [0.1, 0.15) is 37.2 Å². The van der Waals surface area contributed by atoms with E-state index in [1.54, 1.807) is 6.20 Å². The number of anilines is 1. The van der Waals surface area contributed by atoms with Gasteiger partial charge in [-0.1, -0.05) is 13.8 Å². The summed E-state index contributed by atoms with van der Waals surface area (Å²) in [7, 11) is 0. The van der Waals surface area contributed by atoms with Crippen LogP contribution < -0.4 is 4.90 Å². The van der Waals surface area contributed by atoms with Gasteiger partial charge in [0.05, 0.1) is 0 Å². The van der Waals surface area contributed by atoms with E-state index in [9.17, 15) is 4.79 Å². The molecule has 0 aromatic carbocycles. The Morgan fingerprint density at radius 3 is 2.76 bits per heavy atom. The topological polar surface area (TPSA) is 66.3 Å². The van der Waals surface area contributed by atoms with Crippen LogP contribution in [-0.4, -0.2) is 34.1 Å². The Balaban J connectivity index is 2.30. The van der Waals surface area contributed by atoms with Crippen LogP contribution in [-0.2, 0) is 0 Å². The smallest absolute Gasteiger partial charge is 0.358 e. The minimum Gasteiger partial charge on any atom is -0.476 e. The molecule has 1 aromatic heterocycles. The van der Waals surface area contributed by atoms with Crippen LogP contribution in [0, 0.1) is 5.41 Å². The van der Waals surface area contributed by atoms with Crippen LogP contribution in [0.4, 0.5) is 5.82 Å². The van der Waals surface area contributed by atoms with Crippen molar-refractivity contribution >= 4 is 11.8 Å². The maximum atomic E-state index is 11.1. The van der Waals surface area contributed by atoms with Crippen LogP contribution in [0.15, 0.2) is 12.4 Å². The molecule has 0 bridgehead atoms. The number of carboxylic acids is 1. The van der Waals surface area contributed by atoms with Crippen molar-refractivity contribution in [3.8, 4) is 0 Å². The molecule has 0 saturated carbocycles. The van der Waals surface area contributed by atoms with Crippen molar-refractivity contribution < 1.29 is 9.90 Å². The molecule has 1 aromatic rings. The minimum absolute atomic E-state index is 0.0465. The van der Waals surface area contributed by atoms with Gasteiger partial charge in [-0.3, -0.25) is 0 Å². The summed E-state index contributed by atoms with van der Waals surface area (Å²) in [5.41, 5.74) is 0.246. The number of piperidine rings is 1. The summed E-state index contributed by atoms with van der Waals surface area (Å²) in [4.78, 5) is 21.2. The van der Waals surface area contributed by atoms with Gasteiger partial charge in [-0.15, -0.1) is 0 Å². The molecular weight excluding hydrogens is 218 g/mol. The molecule has 0 amide bonds. The maximum Gasteiger partial charge on any atom is 0.358 e. The molecule has 1 saturated heterocycles. The molecule has 1 N–H and O–H groups in total. The van der Waals surface area contributed by atoms with Crippen molar-refractivity contribution in [1.29, 1.82) is 0 Å². The van der Waals surface area contributed by atoms with Crippen LogP contribution in [0.25, 0.3) is 0 Å². The van der Waals surface area contributed by atoms with E-state index in [1.165, 1.54) is 6.20 Å². The maximum absolute atomic E-state index is 11.1. The van der Waals surface area contributed by atoms with E-state index in [0.29, 0.717) is 5.82 Å². The fraction of sp³-hybridized carbons (Fsp3) is 0.583. The first-order valence-electron chi connectivity index (χ1n) is 5.79. The number of carboxylic acid groups (broad SMARTS) is 1. The fourth-order valence-corrected chi connectivity index (χ4v) is 2.32. The van der Waals surface area contributed by atoms with E-state index in [2.05, 4.69) is 23.8 Å². The summed E-state index contributed by atoms with van der Waals surface area (Å²) >= 11 is 0. The average Bonchev–Trinajstić information content (AvgIpc) is 2.27. The molecule has 0 atom stereocenters. The van der Waals surface area contributed by atoms with Crippen molar-refractivity contribution in [2.24, 2.45) is 5.41 Å². The Kier molecular flexibility index (Phi) is 3.00. The van der Waals surface area contributed by atoms with Gasteiger partial charge in [0.1, 0.15) is 0 Å². The largest absolute Gasteiger partial charge is 0.476 e. The van der Waals surface area contributed by atoms with E-state index in [0.717, 1.165) is 25.9 Å². The lowest BCUT2D eigenvalue weighted by molar-refractivity contribution is 0.0690. The summed E-state index contributed by atoms with van der Waals surface area (Å²) in [5.74, 6) is -0.524. The van der Waals surface area contributed by atoms with Crippen LogP contribution in [0.5, 0.6) is 0 Å². The molecule has 1 fully saturated rings. The third kappa shape index (κ3) is 2.54. The molecule has 0 unspecified atom stereocenters. The number of nitrogens with zero attached hydrogens (tertiary/aromatic N) is 3. The van der Waals surface area contributed by atoms with Crippen molar-refractivity contribution in [3.63, 3.8) is 0 Å². The number of aromatic nitrogens is 2. The Labute approximate surface area is 100 Å². The normalized spacial score (nSPS) is 19.1. The van der Waals surface area contributed by atoms with Crippen molar-refractivity contribution in [2.75, 3.05) is 18.0 Å². The molecule has 17 heavy (non-hydrogen) atoms. The van der Waals surface area contributed by atoms with Gasteiger partial charge in [0.25, 0.3) is 0 Å². The zero-order valence-corrected chi connectivity index (χ0v) is 10.2. The number of aromatic carboxylic acids is 1. The average molecular weight is 235 g/mol. The van der Waals surface area contributed by atoms with E-state index < -0.39 is 5.97 Å². The molecule has 0 radical (unpaired) electrons. The zero-order chi connectivity index (χ0) is 12.5. The van der Waals surface area contributed by atoms with E-state index in [-0.39, 0.29) is 11.1 Å². The standard InChI is InChI=1S/C12H17N3O2/c1-12(2)4-3-7-15(8-12)10-9(11(16)17)13-5-6-14-10/h5-6H,3-4,7-8H2,1-2H3,(H,16,17). The first-order chi connectivity index (χ1) is 7.99. The predicted octanol–water partition coefficient (Wildman–Crippen LogP) is 1.80. The Morgan fingerprint density at radius 1 is 1.41 bits per heavy atom. The molecule has 1 aliphatic rings. The lowest BCUT2D eigenvalue weighted by Gasteiger charge is -2.38. The van der Waals surface area contributed by atoms with Crippen molar-refractivity contribution in [2.45, 2.75) is 26.7 Å². The van der Waals surface area contributed by atoms with Gasteiger partial charge < -0.3 is 10.0 Å². The van der Waals surface area contributed by atoms with Gasteiger partial charge >= 0.3 is 5.97 Å². The minimum atomic E-state index is -1.02. The Bertz CT molecular complexity index is 432. The lowest BCUT2D eigenvalue weighted by atomic mass is 9.84. The Hall–Kier alpha value is -1.65. The SMILES string of the molecule is CC1(C)CCCN(c2nccnc2C(=O)O)C1. The van der Waals surface area contributed by atoms with Gasteiger partial charge in [-0.25, -0.2) is 14.8 Å². The van der Waals surface area contributed by atoms with Gasteiger partial charge in [0, 0.05) is 25.5 Å². The second kappa shape index (κ2) is 4.31. The van der Waals surface area contributed by atoms with Crippen molar-refractivity contribution in [3.05, 3.63) is 18.1 Å². The third-order valence-electron chi connectivity index (χ3n) is 3.08. The summed E-state index contributed by atoms with van der Waals surface area (Å²) in [6.45, 7) is 6.06. The number of rotatable bonds is 2. The van der Waals surface area contributed by atoms with Gasteiger partial charge in [-0.05, 0) is 18.3 Å². The summed E-state index contributed by atoms with van der Waals surface area (Å²) in [5, 5.41) is 9.10. The van der Waals surface area contributed by atoms with E-state index in [4.69, 9.17) is 5.11 Å². The first kappa shape index (κ1) is 11.8. The highest BCUT2D eigenvalue weighted by Gasteiger charge is 2.29. The highest BCUT2D eigenvalue weighted by Crippen LogP contribution is 2.31. The molecule has 2 heterocycles. The van der Waals surface area contributed by atoms with Gasteiger partial charge in [0.2, 0.25) is 0 Å². The Morgan fingerprint density at radius 2 is 2.12 bits per heavy atom. The summed E-state index contributed by atoms with van der Waals surface area (Å²) in [6.07, 6.45) is 5.18. The molecule has 0 aliphatic carbocycles. The van der Waals surface area contributed by atoms with E-state index >= 15 is 0 Å². The molecule has 2 rings (SSSR count). The van der Waals surface area contributed by atoms with Gasteiger partial charge in [0.15, 0.2) is 11.5 Å². The molecule has 5 heteroatoms. The molecule has 0 spiro atoms. The molecule has 1 aliphatic heterocycles. The lowest BCUT2D eigenvalue weighted by Crippen LogP contribution is -2.41. The first-order valence-corrected chi connectivity index (χ1v) is 5.79. The van der Waals surface area contributed by atoms with Crippen LogP contribution in [0.3, 0.4) is 0 Å². The number of carbonyl (C=O) groups is 1. The highest BCUT2D eigenvalue weighted by molar-refractivity contribution is 5.90. The number of hydrogen-bond acceptors (Lipinski definition) is 4. The van der Waals surface area contributed by atoms with Crippen molar-refractivity contribution in [1.82, 2.24) is 9.97 Å². The van der Waals surface area contributed by atoms with Crippen LogP contribution in [0.2, 0.25) is 0 Å². The molecule has 92 valence electrons. The summed E-state index contributed by atoms with van der Waals surface area (Å²) in [6, 6.07) is 0. The monoisotopic (exact) mass is 235 g/mol. The third-order valence-corrected chi connectivity index (χ3v) is 3.08. The fourth-order valence-electron chi connectivity index (χ4n) is 2.32. The molecule has 5 nitrogen and oxygen atoms in total. The number of hydrogen-bond donors (Lipinski definition) is 1. The molecular formula is C12H17N3O2. The second-order valence-corrected chi connectivity index (χ2v) is 5.22. The van der Waals surface area contributed by atoms with Gasteiger partial charge in [-0.2, -0.15) is 0 Å².